The third-order valence-electron chi connectivity index (χ3n) is 6.23. The van der Waals surface area contributed by atoms with Crippen molar-refractivity contribution in [1.82, 2.24) is 19.7 Å². The lowest BCUT2D eigenvalue weighted by atomic mass is 10.0. The molecule has 5 rings (SSSR count). The first kappa shape index (κ1) is 22.6. The van der Waals surface area contributed by atoms with Crippen molar-refractivity contribution < 1.29 is 19.0 Å². The normalized spacial score (nSPS) is 17.1. The Hall–Kier alpha value is -3.20. The van der Waals surface area contributed by atoms with Crippen molar-refractivity contribution in [2.75, 3.05) is 32.6 Å². The van der Waals surface area contributed by atoms with Gasteiger partial charge < -0.3 is 23.7 Å². The summed E-state index contributed by atoms with van der Waals surface area (Å²) >= 11 is 1.44. The average Bonchev–Trinajstić information content (AvgIpc) is 3.54. The molecule has 1 fully saturated rings. The zero-order chi connectivity index (χ0) is 23.5. The highest BCUT2D eigenvalue weighted by Crippen LogP contribution is 2.38. The van der Waals surface area contributed by atoms with Crippen LogP contribution < -0.4 is 14.2 Å². The fraction of sp³-hybridized carbons (Fsp3) is 0.400. The van der Waals surface area contributed by atoms with Crippen LogP contribution in [-0.4, -0.2) is 58.2 Å². The summed E-state index contributed by atoms with van der Waals surface area (Å²) in [4.78, 5) is 15.2. The van der Waals surface area contributed by atoms with Crippen molar-refractivity contribution in [2.24, 2.45) is 0 Å². The summed E-state index contributed by atoms with van der Waals surface area (Å²) in [5.41, 5.74) is 2.06. The molecule has 0 bridgehead atoms. The second-order valence-electron chi connectivity index (χ2n) is 8.22. The molecule has 0 spiro atoms. The van der Waals surface area contributed by atoms with Gasteiger partial charge in [0.25, 0.3) is 0 Å². The average molecular weight is 481 g/mol. The second-order valence-corrected chi connectivity index (χ2v) is 9.16. The predicted molar refractivity (Wildman–Crippen MR) is 130 cm³/mol. The number of likely N-dealkylation sites (tertiary alicyclic amines) is 1. The van der Waals surface area contributed by atoms with Crippen LogP contribution in [0.2, 0.25) is 0 Å². The van der Waals surface area contributed by atoms with Crippen LogP contribution in [0.3, 0.4) is 0 Å². The molecule has 1 amide bonds. The van der Waals surface area contributed by atoms with E-state index in [0.29, 0.717) is 25.5 Å². The fourth-order valence-corrected chi connectivity index (χ4v) is 5.41. The van der Waals surface area contributed by atoms with E-state index in [-0.39, 0.29) is 11.9 Å². The number of rotatable bonds is 7. The maximum absolute atomic E-state index is 13.2. The van der Waals surface area contributed by atoms with Crippen molar-refractivity contribution in [3.63, 3.8) is 0 Å². The Labute approximate surface area is 203 Å². The lowest BCUT2D eigenvalue weighted by molar-refractivity contribution is -0.129. The first-order valence-electron chi connectivity index (χ1n) is 11.6. The Morgan fingerprint density at radius 3 is 2.68 bits per heavy atom. The molecule has 1 aromatic heterocycles. The highest BCUT2D eigenvalue weighted by Gasteiger charge is 2.31. The predicted octanol–water partition coefficient (Wildman–Crippen LogP) is 4.20. The van der Waals surface area contributed by atoms with Gasteiger partial charge in [-0.3, -0.25) is 4.79 Å². The van der Waals surface area contributed by atoms with Crippen LogP contribution in [0.5, 0.6) is 17.2 Å². The van der Waals surface area contributed by atoms with Crippen LogP contribution in [0.4, 0.5) is 0 Å². The SMILES string of the molecule is CCn1c(SCC(=O)N2CCCC2c2ccc3c(c2)OCCO3)nnc1-c1ccc(OC)cc1. The smallest absolute Gasteiger partial charge is 0.233 e. The molecule has 3 aromatic rings. The van der Waals surface area contributed by atoms with Gasteiger partial charge in [-0.15, -0.1) is 10.2 Å². The van der Waals surface area contributed by atoms with Crippen molar-refractivity contribution in [3.8, 4) is 28.6 Å². The number of carbonyl (C=O) groups is 1. The number of carbonyl (C=O) groups excluding carboxylic acids is 1. The molecule has 1 atom stereocenters. The van der Waals surface area contributed by atoms with Crippen LogP contribution in [0.15, 0.2) is 47.6 Å². The van der Waals surface area contributed by atoms with E-state index in [1.807, 2.05) is 51.9 Å². The number of benzene rings is 2. The largest absolute Gasteiger partial charge is 0.497 e. The monoisotopic (exact) mass is 480 g/mol. The minimum Gasteiger partial charge on any atom is -0.497 e. The van der Waals surface area contributed by atoms with Gasteiger partial charge in [0.2, 0.25) is 5.91 Å². The molecule has 0 aliphatic carbocycles. The number of hydrogen-bond acceptors (Lipinski definition) is 7. The van der Waals surface area contributed by atoms with Gasteiger partial charge in [-0.1, -0.05) is 17.8 Å². The number of ether oxygens (including phenoxy) is 3. The Balaban J connectivity index is 1.28. The second kappa shape index (κ2) is 9.97. The molecular formula is C25H28N4O4S. The first-order chi connectivity index (χ1) is 16.7. The van der Waals surface area contributed by atoms with E-state index in [9.17, 15) is 4.79 Å². The molecule has 1 unspecified atom stereocenters. The minimum absolute atomic E-state index is 0.0582. The third-order valence-corrected chi connectivity index (χ3v) is 7.18. The quantitative estimate of drug-likeness (QED) is 0.469. The molecule has 3 heterocycles. The number of thioether (sulfide) groups is 1. The molecule has 2 aromatic carbocycles. The summed E-state index contributed by atoms with van der Waals surface area (Å²) in [7, 11) is 1.65. The summed E-state index contributed by atoms with van der Waals surface area (Å²) in [5.74, 6) is 3.55. The summed E-state index contributed by atoms with van der Waals surface area (Å²) in [6, 6.07) is 13.8. The summed E-state index contributed by atoms with van der Waals surface area (Å²) < 4.78 is 18.7. The molecule has 34 heavy (non-hydrogen) atoms. The van der Waals surface area contributed by atoms with Crippen LogP contribution >= 0.6 is 11.8 Å². The zero-order valence-electron chi connectivity index (χ0n) is 19.4. The maximum Gasteiger partial charge on any atom is 0.233 e. The van der Waals surface area contributed by atoms with E-state index in [2.05, 4.69) is 17.1 Å². The van der Waals surface area contributed by atoms with E-state index in [1.54, 1.807) is 7.11 Å². The van der Waals surface area contributed by atoms with Gasteiger partial charge in [-0.25, -0.2) is 0 Å². The Morgan fingerprint density at radius 1 is 1.12 bits per heavy atom. The standard InChI is InChI=1S/C25H28N4O4S/c1-3-28-24(17-6-9-19(31-2)10-7-17)26-27-25(28)34-16-23(30)29-12-4-5-20(29)18-8-11-21-22(15-18)33-14-13-32-21/h6-11,15,20H,3-5,12-14,16H2,1-2H3. The highest BCUT2D eigenvalue weighted by molar-refractivity contribution is 7.99. The lowest BCUT2D eigenvalue weighted by Crippen LogP contribution is -2.32. The van der Waals surface area contributed by atoms with E-state index in [0.717, 1.165) is 58.7 Å². The Morgan fingerprint density at radius 2 is 1.91 bits per heavy atom. The van der Waals surface area contributed by atoms with Crippen molar-refractivity contribution in [1.29, 1.82) is 0 Å². The zero-order valence-corrected chi connectivity index (χ0v) is 20.2. The summed E-state index contributed by atoms with van der Waals surface area (Å²) in [6.45, 7) is 4.66. The van der Waals surface area contributed by atoms with Crippen LogP contribution in [0.25, 0.3) is 11.4 Å². The fourth-order valence-electron chi connectivity index (χ4n) is 4.52. The molecule has 2 aliphatic heterocycles. The Bertz CT molecular complexity index is 1160. The van der Waals surface area contributed by atoms with Gasteiger partial charge in [0.15, 0.2) is 22.5 Å². The van der Waals surface area contributed by atoms with E-state index in [4.69, 9.17) is 14.2 Å². The van der Waals surface area contributed by atoms with Crippen LogP contribution in [0.1, 0.15) is 31.4 Å². The van der Waals surface area contributed by atoms with Gasteiger partial charge in [-0.2, -0.15) is 0 Å². The first-order valence-corrected chi connectivity index (χ1v) is 12.6. The number of methoxy groups -OCH3 is 1. The van der Waals surface area contributed by atoms with E-state index < -0.39 is 0 Å². The third kappa shape index (κ3) is 4.44. The molecular weight excluding hydrogens is 452 g/mol. The molecule has 178 valence electrons. The number of nitrogens with zero attached hydrogens (tertiary/aromatic N) is 4. The summed E-state index contributed by atoms with van der Waals surface area (Å²) in [6.07, 6.45) is 1.94. The van der Waals surface area contributed by atoms with Crippen molar-refractivity contribution >= 4 is 17.7 Å². The highest BCUT2D eigenvalue weighted by atomic mass is 32.2. The van der Waals surface area contributed by atoms with E-state index >= 15 is 0 Å². The van der Waals surface area contributed by atoms with E-state index in [1.165, 1.54) is 11.8 Å². The molecule has 0 N–H and O–H groups in total. The molecule has 2 aliphatic rings. The van der Waals surface area contributed by atoms with Gasteiger partial charge in [-0.05, 0) is 61.7 Å². The minimum atomic E-state index is 0.0582. The van der Waals surface area contributed by atoms with Gasteiger partial charge >= 0.3 is 0 Å². The van der Waals surface area contributed by atoms with Crippen molar-refractivity contribution in [2.45, 2.75) is 37.5 Å². The van der Waals surface area contributed by atoms with Crippen LogP contribution in [-0.2, 0) is 11.3 Å². The number of fused-ring (bicyclic) bond motifs is 1. The molecule has 0 saturated carbocycles. The topological polar surface area (TPSA) is 78.7 Å². The van der Waals surface area contributed by atoms with Gasteiger partial charge in [0.05, 0.1) is 18.9 Å². The molecule has 9 heteroatoms. The molecule has 0 radical (unpaired) electrons. The number of hydrogen-bond donors (Lipinski definition) is 0. The van der Waals surface area contributed by atoms with Crippen molar-refractivity contribution in [3.05, 3.63) is 48.0 Å². The summed E-state index contributed by atoms with van der Waals surface area (Å²) in [5, 5.41) is 9.51. The molecule has 8 nitrogen and oxygen atoms in total. The lowest BCUT2D eigenvalue weighted by Gasteiger charge is -2.26. The molecule has 1 saturated heterocycles. The number of amides is 1. The van der Waals surface area contributed by atoms with Gasteiger partial charge in [0, 0.05) is 18.7 Å². The Kier molecular flexibility index (Phi) is 6.62. The maximum atomic E-state index is 13.2. The van der Waals surface area contributed by atoms with Crippen LogP contribution in [0, 0.1) is 0 Å². The number of aromatic nitrogens is 3. The van der Waals surface area contributed by atoms with Gasteiger partial charge in [0.1, 0.15) is 19.0 Å².